The molecule has 0 heterocycles. The summed E-state index contributed by atoms with van der Waals surface area (Å²) in [5.41, 5.74) is 0. The molecule has 0 aliphatic heterocycles. The minimum atomic E-state index is -4.83. The van der Waals surface area contributed by atoms with Gasteiger partial charge in [-0.2, -0.15) is 0 Å². The smallest absolute Gasteiger partial charge is 0.462 e. The van der Waals surface area contributed by atoms with Crippen LogP contribution in [0.25, 0.3) is 0 Å². The van der Waals surface area contributed by atoms with Crippen LogP contribution in [0, 0.1) is 0 Å². The third-order valence-corrected chi connectivity index (χ3v) is 8.72. The highest BCUT2D eigenvalue weighted by Crippen LogP contribution is 2.36. The summed E-state index contributed by atoms with van der Waals surface area (Å²) < 4.78 is 26.2. The maximum Gasteiger partial charge on any atom is 0.469 e. The summed E-state index contributed by atoms with van der Waals surface area (Å²) in [5.74, 6) is -1.19. The second kappa shape index (κ2) is 35.7. The number of hydrogen-bond acceptors (Lipinski definition) is 8. The molecule has 0 amide bonds. The molecule has 10 nitrogen and oxygen atoms in total. The van der Waals surface area contributed by atoms with Crippen LogP contribution >= 0.6 is 7.82 Å². The normalized spacial score (nSPS) is 14.3. The number of unbranched alkanes of at least 4 members (excludes halogenated alkanes) is 12. The van der Waals surface area contributed by atoms with Crippen LogP contribution in [0.4, 0.5) is 0 Å². The molecule has 0 aromatic carbocycles. The van der Waals surface area contributed by atoms with Gasteiger partial charge < -0.3 is 29.5 Å². The van der Waals surface area contributed by atoms with E-state index >= 15 is 0 Å². The van der Waals surface area contributed by atoms with Gasteiger partial charge in [0, 0.05) is 12.8 Å². The molecule has 0 rings (SSSR count). The standard InChI is InChI=1S/C41H71O10P/c1-3-5-7-9-11-13-15-17-18-19-21-23-25-27-29-33-41(45)51-37(36-50-52(46,47)48)35-49-40(44)34-30-32-39(43)38(42)31-28-26-24-22-20-16-14-12-10-8-6-4-2/h12-15,17-18,20,22,26,28,37-39,42-43H,3-11,16,19,21,23-25,27,29-36H2,1-2H3,(H2,46,47,48)/b14-12-,15-13-,18-17-,22-20-,28-26-/t37-,38?,39?/m1/s1. The molecule has 4 N–H and O–H groups in total. The van der Waals surface area contributed by atoms with E-state index < -0.39 is 51.3 Å². The van der Waals surface area contributed by atoms with E-state index in [1.165, 1.54) is 44.9 Å². The SMILES string of the molecule is CCCCC/C=C\C/C=C\C/C=C\CC(O)C(O)CCCC(=O)OC[C@H](COP(=O)(O)O)OC(=O)CCCCCCC/C=C\C=C/CCCCCC. The molecule has 0 aliphatic rings. The minimum Gasteiger partial charge on any atom is -0.462 e. The lowest BCUT2D eigenvalue weighted by atomic mass is 10.0. The van der Waals surface area contributed by atoms with E-state index in [2.05, 4.69) is 67.0 Å². The highest BCUT2D eigenvalue weighted by molar-refractivity contribution is 7.46. The zero-order valence-corrected chi connectivity index (χ0v) is 33.1. The molecule has 0 fully saturated rings. The highest BCUT2D eigenvalue weighted by Gasteiger charge is 2.23. The number of ether oxygens (including phenoxy) is 2. The summed E-state index contributed by atoms with van der Waals surface area (Å²) in [7, 11) is -4.83. The molecule has 300 valence electrons. The van der Waals surface area contributed by atoms with Gasteiger partial charge in [-0.25, -0.2) is 4.57 Å². The van der Waals surface area contributed by atoms with Gasteiger partial charge in [-0.1, -0.05) is 126 Å². The minimum absolute atomic E-state index is 0.0525. The predicted octanol–water partition coefficient (Wildman–Crippen LogP) is 9.68. The Hall–Kier alpha value is -2.33. The molecule has 0 saturated heterocycles. The molecule has 0 spiro atoms. The fourth-order valence-electron chi connectivity index (χ4n) is 5.11. The quantitative estimate of drug-likeness (QED) is 0.0161. The molecular weight excluding hydrogens is 683 g/mol. The third kappa shape index (κ3) is 36.0. The number of aliphatic hydroxyl groups is 2. The fourth-order valence-corrected chi connectivity index (χ4v) is 5.47. The zero-order valence-electron chi connectivity index (χ0n) is 32.2. The molecule has 2 unspecified atom stereocenters. The number of hydrogen-bond donors (Lipinski definition) is 4. The summed E-state index contributed by atoms with van der Waals surface area (Å²) in [6.45, 7) is 3.35. The Morgan fingerprint density at radius 2 is 1.12 bits per heavy atom. The number of carbonyl (C=O) groups excluding carboxylic acids is 2. The van der Waals surface area contributed by atoms with Crippen LogP contribution in [0.15, 0.2) is 60.8 Å². The molecule has 0 aromatic heterocycles. The second-order valence-corrected chi connectivity index (χ2v) is 14.5. The maximum atomic E-state index is 12.4. The Kier molecular flexibility index (Phi) is 34.1. The van der Waals surface area contributed by atoms with Gasteiger partial charge in [0.15, 0.2) is 6.10 Å². The number of rotatable bonds is 35. The molecule has 52 heavy (non-hydrogen) atoms. The van der Waals surface area contributed by atoms with Crippen molar-refractivity contribution in [2.75, 3.05) is 13.2 Å². The van der Waals surface area contributed by atoms with Gasteiger partial charge in [-0.15, -0.1) is 0 Å². The Morgan fingerprint density at radius 3 is 1.77 bits per heavy atom. The van der Waals surface area contributed by atoms with Gasteiger partial charge in [0.25, 0.3) is 0 Å². The maximum absolute atomic E-state index is 12.4. The summed E-state index contributed by atoms with van der Waals surface area (Å²) >= 11 is 0. The second-order valence-electron chi connectivity index (χ2n) is 13.2. The number of carbonyl (C=O) groups is 2. The first-order valence-electron chi connectivity index (χ1n) is 19.8. The van der Waals surface area contributed by atoms with Crippen molar-refractivity contribution in [3.63, 3.8) is 0 Å². The van der Waals surface area contributed by atoms with Crippen molar-refractivity contribution >= 4 is 19.8 Å². The average molecular weight is 755 g/mol. The van der Waals surface area contributed by atoms with E-state index in [1.54, 1.807) is 0 Å². The molecule has 11 heteroatoms. The first kappa shape index (κ1) is 49.7. The van der Waals surface area contributed by atoms with Crippen LogP contribution in [-0.4, -0.2) is 63.5 Å². The van der Waals surface area contributed by atoms with E-state index in [0.29, 0.717) is 12.8 Å². The first-order chi connectivity index (χ1) is 25.1. The van der Waals surface area contributed by atoms with Crippen molar-refractivity contribution in [2.45, 2.75) is 173 Å². The topological polar surface area (TPSA) is 160 Å². The van der Waals surface area contributed by atoms with Crippen molar-refractivity contribution in [3.8, 4) is 0 Å². The van der Waals surface area contributed by atoms with Gasteiger partial charge in [-0.05, 0) is 77.0 Å². The predicted molar refractivity (Wildman–Crippen MR) is 209 cm³/mol. The van der Waals surface area contributed by atoms with Crippen molar-refractivity contribution in [1.82, 2.24) is 0 Å². The molecule has 0 radical (unpaired) electrons. The molecular formula is C41H71O10P. The van der Waals surface area contributed by atoms with Gasteiger partial charge in [0.1, 0.15) is 6.61 Å². The van der Waals surface area contributed by atoms with Crippen molar-refractivity contribution < 1.29 is 48.2 Å². The molecule has 0 saturated carbocycles. The fraction of sp³-hybridized carbons (Fsp3) is 0.707. The lowest BCUT2D eigenvalue weighted by Gasteiger charge is -2.19. The van der Waals surface area contributed by atoms with Gasteiger partial charge in [0.2, 0.25) is 0 Å². The van der Waals surface area contributed by atoms with E-state index in [-0.39, 0.29) is 25.7 Å². The molecule has 0 aliphatic carbocycles. The summed E-state index contributed by atoms with van der Waals surface area (Å²) in [5, 5.41) is 20.5. The highest BCUT2D eigenvalue weighted by atomic mass is 31.2. The van der Waals surface area contributed by atoms with Gasteiger partial charge in [-0.3, -0.25) is 14.1 Å². The Labute approximate surface area is 314 Å². The van der Waals surface area contributed by atoms with Crippen LogP contribution in [-0.2, 0) is 28.2 Å². The third-order valence-electron chi connectivity index (χ3n) is 8.24. The lowest BCUT2D eigenvalue weighted by Crippen LogP contribution is -2.29. The summed E-state index contributed by atoms with van der Waals surface area (Å²) in [6, 6.07) is 0. The Balaban J connectivity index is 4.25. The van der Waals surface area contributed by atoms with Crippen LogP contribution in [0.5, 0.6) is 0 Å². The van der Waals surface area contributed by atoms with Crippen molar-refractivity contribution in [3.05, 3.63) is 60.8 Å². The number of phosphoric ester groups is 1. The van der Waals surface area contributed by atoms with Gasteiger partial charge >= 0.3 is 19.8 Å². The zero-order chi connectivity index (χ0) is 38.5. The molecule has 0 bridgehead atoms. The lowest BCUT2D eigenvalue weighted by molar-refractivity contribution is -0.161. The van der Waals surface area contributed by atoms with Crippen LogP contribution < -0.4 is 0 Å². The number of esters is 2. The van der Waals surface area contributed by atoms with E-state index in [1.807, 2.05) is 12.2 Å². The van der Waals surface area contributed by atoms with Crippen molar-refractivity contribution in [2.24, 2.45) is 0 Å². The molecule has 0 aromatic rings. The van der Waals surface area contributed by atoms with Crippen LogP contribution in [0.1, 0.15) is 155 Å². The number of allylic oxidation sites excluding steroid dienone is 9. The monoisotopic (exact) mass is 754 g/mol. The molecule has 3 atom stereocenters. The number of aliphatic hydroxyl groups excluding tert-OH is 2. The Morgan fingerprint density at radius 1 is 0.596 bits per heavy atom. The van der Waals surface area contributed by atoms with E-state index in [9.17, 15) is 24.4 Å². The largest absolute Gasteiger partial charge is 0.469 e. The van der Waals surface area contributed by atoms with Crippen LogP contribution in [0.3, 0.4) is 0 Å². The summed E-state index contributed by atoms with van der Waals surface area (Å²) in [4.78, 5) is 42.8. The average Bonchev–Trinajstić information content (AvgIpc) is 3.11. The first-order valence-corrected chi connectivity index (χ1v) is 21.3. The van der Waals surface area contributed by atoms with Crippen molar-refractivity contribution in [1.29, 1.82) is 0 Å². The summed E-state index contributed by atoms with van der Waals surface area (Å²) in [6.07, 6.45) is 36.8. The van der Waals surface area contributed by atoms with Crippen LogP contribution in [0.2, 0.25) is 0 Å². The van der Waals surface area contributed by atoms with E-state index in [4.69, 9.17) is 19.3 Å². The van der Waals surface area contributed by atoms with E-state index in [0.717, 1.165) is 57.8 Å². The van der Waals surface area contributed by atoms with Gasteiger partial charge in [0.05, 0.1) is 18.8 Å². The number of phosphoric acid groups is 1. The Bertz CT molecular complexity index is 1060.